The van der Waals surface area contributed by atoms with Crippen LogP contribution in [0.25, 0.3) is 0 Å². The standard InChI is InChI=1S/C16H19ClN2O2S/c1-11-6-7-22-15(11)9-19(2)10-16(20)18-12-4-5-14(21-3)13(17)8-12/h4-8H,9-10H2,1-3H3,(H,18,20). The van der Waals surface area contributed by atoms with Gasteiger partial charge in [-0.05, 0) is 49.2 Å². The van der Waals surface area contributed by atoms with Crippen LogP contribution in [-0.2, 0) is 11.3 Å². The molecule has 0 spiro atoms. The van der Waals surface area contributed by atoms with E-state index in [0.717, 1.165) is 6.54 Å². The molecule has 0 unspecified atom stereocenters. The number of aryl methyl sites for hydroxylation is 1. The van der Waals surface area contributed by atoms with Crippen LogP contribution in [0.5, 0.6) is 5.75 Å². The van der Waals surface area contributed by atoms with Crippen molar-refractivity contribution in [3.8, 4) is 5.75 Å². The number of halogens is 1. The van der Waals surface area contributed by atoms with E-state index >= 15 is 0 Å². The molecule has 0 aliphatic heterocycles. The second-order valence-corrected chi connectivity index (χ2v) is 6.50. The summed E-state index contributed by atoms with van der Waals surface area (Å²) in [6.45, 7) is 3.17. The molecule has 2 aromatic rings. The molecule has 118 valence electrons. The molecular weight excluding hydrogens is 320 g/mol. The Labute approximate surface area is 139 Å². The third-order valence-electron chi connectivity index (χ3n) is 3.23. The van der Waals surface area contributed by atoms with Crippen LogP contribution in [0.15, 0.2) is 29.6 Å². The normalized spacial score (nSPS) is 10.8. The van der Waals surface area contributed by atoms with Crippen molar-refractivity contribution in [2.45, 2.75) is 13.5 Å². The largest absolute Gasteiger partial charge is 0.495 e. The van der Waals surface area contributed by atoms with Crippen LogP contribution in [0.4, 0.5) is 5.69 Å². The lowest BCUT2D eigenvalue weighted by molar-refractivity contribution is -0.117. The monoisotopic (exact) mass is 338 g/mol. The molecule has 4 nitrogen and oxygen atoms in total. The van der Waals surface area contributed by atoms with Crippen molar-refractivity contribution in [1.29, 1.82) is 0 Å². The van der Waals surface area contributed by atoms with Gasteiger partial charge in [0.1, 0.15) is 5.75 Å². The summed E-state index contributed by atoms with van der Waals surface area (Å²) in [5, 5.41) is 5.38. The lowest BCUT2D eigenvalue weighted by Crippen LogP contribution is -2.29. The summed E-state index contributed by atoms with van der Waals surface area (Å²) in [6.07, 6.45) is 0. The topological polar surface area (TPSA) is 41.6 Å². The average molecular weight is 339 g/mol. The molecule has 22 heavy (non-hydrogen) atoms. The van der Waals surface area contributed by atoms with Crippen LogP contribution in [0.1, 0.15) is 10.4 Å². The Morgan fingerprint density at radius 1 is 1.41 bits per heavy atom. The number of carbonyl (C=O) groups is 1. The van der Waals surface area contributed by atoms with Gasteiger partial charge in [-0.3, -0.25) is 9.69 Å². The Hall–Kier alpha value is -1.56. The highest BCUT2D eigenvalue weighted by atomic mass is 35.5. The minimum Gasteiger partial charge on any atom is -0.495 e. The summed E-state index contributed by atoms with van der Waals surface area (Å²) in [7, 11) is 3.49. The number of carbonyl (C=O) groups excluding carboxylic acids is 1. The molecule has 1 aromatic heterocycles. The molecule has 1 N–H and O–H groups in total. The first-order chi connectivity index (χ1) is 10.5. The molecule has 1 heterocycles. The Morgan fingerprint density at radius 3 is 2.77 bits per heavy atom. The molecule has 0 radical (unpaired) electrons. The first-order valence-electron chi connectivity index (χ1n) is 6.84. The number of amides is 1. The van der Waals surface area contributed by atoms with Gasteiger partial charge in [0.15, 0.2) is 0 Å². The maximum Gasteiger partial charge on any atom is 0.238 e. The first kappa shape index (κ1) is 16.8. The van der Waals surface area contributed by atoms with E-state index in [1.54, 1.807) is 36.6 Å². The lowest BCUT2D eigenvalue weighted by atomic mass is 10.3. The van der Waals surface area contributed by atoms with Crippen molar-refractivity contribution in [2.75, 3.05) is 26.0 Å². The highest BCUT2D eigenvalue weighted by Gasteiger charge is 2.10. The zero-order chi connectivity index (χ0) is 16.1. The van der Waals surface area contributed by atoms with Gasteiger partial charge in [-0.1, -0.05) is 11.6 Å². The second-order valence-electron chi connectivity index (χ2n) is 5.10. The number of ether oxygens (including phenoxy) is 1. The van der Waals surface area contributed by atoms with Crippen LogP contribution in [0.2, 0.25) is 5.02 Å². The average Bonchev–Trinajstić information content (AvgIpc) is 2.84. The maximum atomic E-state index is 12.1. The molecule has 0 saturated carbocycles. The van der Waals surface area contributed by atoms with Crippen molar-refractivity contribution < 1.29 is 9.53 Å². The number of rotatable bonds is 6. The molecule has 0 atom stereocenters. The van der Waals surface area contributed by atoms with Gasteiger partial charge < -0.3 is 10.1 Å². The zero-order valence-corrected chi connectivity index (χ0v) is 14.4. The minimum atomic E-state index is -0.0713. The SMILES string of the molecule is COc1ccc(NC(=O)CN(C)Cc2sccc2C)cc1Cl. The number of hydrogen-bond acceptors (Lipinski definition) is 4. The molecular formula is C16H19ClN2O2S. The Balaban J connectivity index is 1.89. The van der Waals surface area contributed by atoms with Crippen molar-refractivity contribution in [3.63, 3.8) is 0 Å². The lowest BCUT2D eigenvalue weighted by Gasteiger charge is -2.16. The van der Waals surface area contributed by atoms with Crippen LogP contribution in [0, 0.1) is 6.92 Å². The fourth-order valence-corrected chi connectivity index (χ4v) is 3.30. The maximum absolute atomic E-state index is 12.1. The molecule has 6 heteroatoms. The molecule has 1 aromatic carbocycles. The van der Waals surface area contributed by atoms with E-state index < -0.39 is 0 Å². The number of thiophene rings is 1. The molecule has 0 aliphatic rings. The first-order valence-corrected chi connectivity index (χ1v) is 8.10. The quantitative estimate of drug-likeness (QED) is 0.871. The number of methoxy groups -OCH3 is 1. The van der Waals surface area contributed by atoms with Gasteiger partial charge in [-0.15, -0.1) is 11.3 Å². The van der Waals surface area contributed by atoms with E-state index in [-0.39, 0.29) is 5.91 Å². The van der Waals surface area contributed by atoms with E-state index in [0.29, 0.717) is 23.0 Å². The van der Waals surface area contributed by atoms with E-state index in [1.165, 1.54) is 10.4 Å². The van der Waals surface area contributed by atoms with Crippen molar-refractivity contribution in [2.24, 2.45) is 0 Å². The molecule has 0 fully saturated rings. The van der Waals surface area contributed by atoms with E-state index in [9.17, 15) is 4.79 Å². The van der Waals surface area contributed by atoms with Gasteiger partial charge in [0.05, 0.1) is 18.7 Å². The zero-order valence-electron chi connectivity index (χ0n) is 12.9. The minimum absolute atomic E-state index is 0.0713. The third kappa shape index (κ3) is 4.47. The summed E-state index contributed by atoms with van der Waals surface area (Å²) < 4.78 is 5.09. The van der Waals surface area contributed by atoms with Gasteiger partial charge in [0.2, 0.25) is 5.91 Å². The van der Waals surface area contributed by atoms with Crippen LogP contribution in [0.3, 0.4) is 0 Å². The summed E-state index contributed by atoms with van der Waals surface area (Å²) >= 11 is 7.76. The number of likely N-dealkylation sites (N-methyl/N-ethyl adjacent to an activating group) is 1. The van der Waals surface area contributed by atoms with Crippen LogP contribution >= 0.6 is 22.9 Å². The van der Waals surface area contributed by atoms with Gasteiger partial charge in [-0.25, -0.2) is 0 Å². The fourth-order valence-electron chi connectivity index (χ4n) is 2.06. The van der Waals surface area contributed by atoms with E-state index in [2.05, 4.69) is 23.7 Å². The summed E-state index contributed by atoms with van der Waals surface area (Å²) in [6, 6.07) is 7.28. The third-order valence-corrected chi connectivity index (χ3v) is 4.53. The van der Waals surface area contributed by atoms with Crippen molar-refractivity contribution in [1.82, 2.24) is 4.90 Å². The molecule has 1 amide bonds. The van der Waals surface area contributed by atoms with E-state index in [4.69, 9.17) is 16.3 Å². The summed E-state index contributed by atoms with van der Waals surface area (Å²) in [5.74, 6) is 0.517. The van der Waals surface area contributed by atoms with E-state index in [1.807, 2.05) is 11.9 Å². The van der Waals surface area contributed by atoms with Gasteiger partial charge in [0, 0.05) is 17.1 Å². The van der Waals surface area contributed by atoms with Gasteiger partial charge in [-0.2, -0.15) is 0 Å². The van der Waals surface area contributed by atoms with Gasteiger partial charge >= 0.3 is 0 Å². The smallest absolute Gasteiger partial charge is 0.238 e. The summed E-state index contributed by atoms with van der Waals surface area (Å²) in [4.78, 5) is 15.3. The molecule has 2 rings (SSSR count). The predicted molar refractivity (Wildman–Crippen MR) is 92.0 cm³/mol. The molecule has 0 aliphatic carbocycles. The van der Waals surface area contributed by atoms with Crippen molar-refractivity contribution >= 4 is 34.5 Å². The number of hydrogen-bond donors (Lipinski definition) is 1. The summed E-state index contributed by atoms with van der Waals surface area (Å²) in [5.41, 5.74) is 1.93. The highest BCUT2D eigenvalue weighted by molar-refractivity contribution is 7.10. The Morgan fingerprint density at radius 2 is 2.18 bits per heavy atom. The number of nitrogens with one attached hydrogen (secondary N) is 1. The number of benzene rings is 1. The predicted octanol–water partition coefficient (Wildman–Crippen LogP) is 3.79. The molecule has 0 saturated heterocycles. The Bertz CT molecular complexity index is 657. The fraction of sp³-hybridized carbons (Fsp3) is 0.312. The molecule has 0 bridgehead atoms. The number of nitrogens with zero attached hydrogens (tertiary/aromatic N) is 1. The number of anilines is 1. The van der Waals surface area contributed by atoms with Crippen molar-refractivity contribution in [3.05, 3.63) is 45.1 Å². The second kappa shape index (κ2) is 7.63. The Kier molecular flexibility index (Phi) is 5.83. The van der Waals surface area contributed by atoms with Crippen LogP contribution in [-0.4, -0.2) is 31.5 Å². The van der Waals surface area contributed by atoms with Crippen LogP contribution < -0.4 is 10.1 Å². The highest BCUT2D eigenvalue weighted by Crippen LogP contribution is 2.27. The van der Waals surface area contributed by atoms with Gasteiger partial charge in [0.25, 0.3) is 0 Å².